The quantitative estimate of drug-likeness (QED) is 0.0573. The Morgan fingerprint density at radius 1 is 0.432 bits per heavy atom. The second-order valence-electron chi connectivity index (χ2n) is 13.4. The summed E-state index contributed by atoms with van der Waals surface area (Å²) < 4.78 is 12.9. The Morgan fingerprint density at radius 2 is 0.795 bits per heavy atom. The van der Waals surface area contributed by atoms with Crippen LogP contribution < -0.4 is 0 Å². The van der Waals surface area contributed by atoms with Crippen LogP contribution in [0.5, 0.6) is 0 Å². The molecule has 0 aliphatic carbocycles. The Kier molecular flexibility index (Phi) is 29.5. The fourth-order valence-corrected chi connectivity index (χ4v) is 5.92. The number of ether oxygens (including phenoxy) is 2. The van der Waals surface area contributed by atoms with Crippen molar-refractivity contribution in [2.24, 2.45) is 0 Å². The number of rotatable bonds is 31. The molecule has 0 radical (unpaired) electrons. The van der Waals surface area contributed by atoms with E-state index in [1.165, 1.54) is 128 Å². The number of nitrogens with zero attached hydrogens (tertiary/aromatic N) is 1. The maximum Gasteiger partial charge on any atom is 0.159 e. The first-order valence-electron chi connectivity index (χ1n) is 19.2. The van der Waals surface area contributed by atoms with Crippen molar-refractivity contribution in [3.8, 4) is 0 Å². The van der Waals surface area contributed by atoms with E-state index in [0.717, 1.165) is 38.6 Å². The van der Waals surface area contributed by atoms with Crippen molar-refractivity contribution in [2.75, 3.05) is 20.6 Å². The zero-order valence-electron chi connectivity index (χ0n) is 30.0. The molecule has 0 N–H and O–H groups in total. The van der Waals surface area contributed by atoms with Gasteiger partial charge in [0.2, 0.25) is 0 Å². The van der Waals surface area contributed by atoms with Gasteiger partial charge in [-0.15, -0.1) is 0 Å². The van der Waals surface area contributed by atoms with Crippen LogP contribution in [0.2, 0.25) is 0 Å². The minimum absolute atomic E-state index is 0.0108. The number of allylic oxidation sites excluding steroid dienone is 8. The summed E-state index contributed by atoms with van der Waals surface area (Å²) >= 11 is 0. The Labute approximate surface area is 276 Å². The first-order valence-corrected chi connectivity index (χ1v) is 19.2. The van der Waals surface area contributed by atoms with E-state index in [-0.39, 0.29) is 6.29 Å². The van der Waals surface area contributed by atoms with Gasteiger partial charge >= 0.3 is 0 Å². The predicted octanol–water partition coefficient (Wildman–Crippen LogP) is 12.7. The topological polar surface area (TPSA) is 21.7 Å². The highest BCUT2D eigenvalue weighted by atomic mass is 16.7. The highest BCUT2D eigenvalue weighted by Crippen LogP contribution is 2.29. The Hall–Kier alpha value is -1.16. The lowest BCUT2D eigenvalue weighted by atomic mass is 9.99. The van der Waals surface area contributed by atoms with Crippen molar-refractivity contribution in [2.45, 2.75) is 193 Å². The number of unbranched alkanes of at least 4 members (excludes halogenated alkanes) is 16. The average molecular weight is 614 g/mol. The maximum absolute atomic E-state index is 6.44. The number of hydrogen-bond acceptors (Lipinski definition) is 3. The van der Waals surface area contributed by atoms with Gasteiger partial charge in [-0.05, 0) is 91.1 Å². The molecule has 256 valence electrons. The summed E-state index contributed by atoms with van der Waals surface area (Å²) in [6, 6.07) is 0. The molecule has 2 atom stereocenters. The molecular formula is C41H75NO2. The minimum Gasteiger partial charge on any atom is -0.347 e. The molecule has 1 rings (SSSR count). The van der Waals surface area contributed by atoms with Gasteiger partial charge < -0.3 is 14.4 Å². The second kappa shape index (κ2) is 31.8. The molecule has 0 bridgehead atoms. The molecule has 0 aromatic heterocycles. The summed E-state index contributed by atoms with van der Waals surface area (Å²) in [4.78, 5) is 2.23. The van der Waals surface area contributed by atoms with Crippen LogP contribution in [0.4, 0.5) is 0 Å². The monoisotopic (exact) mass is 614 g/mol. The molecule has 3 heteroatoms. The molecule has 1 saturated heterocycles. The summed E-state index contributed by atoms with van der Waals surface area (Å²) in [5, 5.41) is 0. The standard InChI is InChI=1S/C41H75NO2/c1-5-7-9-11-13-15-17-19-21-23-25-27-29-31-33-35-39-40(44-41(43-39)37-38-42(3)4)36-34-32-30-28-26-24-22-20-18-16-14-12-10-8-6-2/h13-16,19-22,39-41H,5-12,17-18,23-38H2,1-4H3. The van der Waals surface area contributed by atoms with E-state index in [2.05, 4.69) is 81.5 Å². The largest absolute Gasteiger partial charge is 0.347 e. The van der Waals surface area contributed by atoms with Gasteiger partial charge in [-0.3, -0.25) is 0 Å². The molecule has 0 aromatic rings. The van der Waals surface area contributed by atoms with Crippen molar-refractivity contribution >= 4 is 0 Å². The van der Waals surface area contributed by atoms with Crippen molar-refractivity contribution in [1.82, 2.24) is 4.90 Å². The second-order valence-corrected chi connectivity index (χ2v) is 13.4. The van der Waals surface area contributed by atoms with Crippen LogP contribution in [0.3, 0.4) is 0 Å². The molecule has 1 aliphatic heterocycles. The smallest absolute Gasteiger partial charge is 0.159 e. The van der Waals surface area contributed by atoms with Crippen LogP contribution in [-0.4, -0.2) is 44.0 Å². The minimum atomic E-state index is -0.0108. The maximum atomic E-state index is 6.44. The van der Waals surface area contributed by atoms with Crippen LogP contribution in [0.15, 0.2) is 48.6 Å². The van der Waals surface area contributed by atoms with Crippen LogP contribution in [-0.2, 0) is 9.47 Å². The van der Waals surface area contributed by atoms with E-state index in [0.29, 0.717) is 12.2 Å². The summed E-state index contributed by atoms with van der Waals surface area (Å²) in [6.07, 6.45) is 51.1. The van der Waals surface area contributed by atoms with E-state index in [4.69, 9.17) is 9.47 Å². The van der Waals surface area contributed by atoms with Gasteiger partial charge in [0.15, 0.2) is 6.29 Å². The molecule has 44 heavy (non-hydrogen) atoms. The zero-order chi connectivity index (χ0) is 31.8. The highest BCUT2D eigenvalue weighted by molar-refractivity contribution is 4.93. The lowest BCUT2D eigenvalue weighted by Gasteiger charge is -2.16. The fourth-order valence-electron chi connectivity index (χ4n) is 5.92. The van der Waals surface area contributed by atoms with Crippen molar-refractivity contribution in [3.63, 3.8) is 0 Å². The van der Waals surface area contributed by atoms with Gasteiger partial charge in [0.05, 0.1) is 12.2 Å². The van der Waals surface area contributed by atoms with Crippen molar-refractivity contribution in [1.29, 1.82) is 0 Å². The van der Waals surface area contributed by atoms with Crippen LogP contribution >= 0.6 is 0 Å². The fraction of sp³-hybridized carbons (Fsp3) is 0.805. The highest BCUT2D eigenvalue weighted by Gasteiger charge is 2.34. The third-order valence-corrected chi connectivity index (χ3v) is 8.76. The van der Waals surface area contributed by atoms with Gasteiger partial charge in [0.25, 0.3) is 0 Å². The molecule has 1 fully saturated rings. The zero-order valence-corrected chi connectivity index (χ0v) is 30.0. The first-order chi connectivity index (χ1) is 21.7. The van der Waals surface area contributed by atoms with Gasteiger partial charge in [0.1, 0.15) is 0 Å². The SMILES string of the molecule is CCCCCC=CCC=CCCCCCCCC1OC(CCN(C)C)OC1CCCCCCCC=CCC=CCCCCC. The molecule has 3 nitrogen and oxygen atoms in total. The van der Waals surface area contributed by atoms with Gasteiger partial charge in [0, 0.05) is 13.0 Å². The third-order valence-electron chi connectivity index (χ3n) is 8.76. The Morgan fingerprint density at radius 3 is 1.18 bits per heavy atom. The van der Waals surface area contributed by atoms with E-state index < -0.39 is 0 Å². The lowest BCUT2D eigenvalue weighted by molar-refractivity contribution is -0.0743. The van der Waals surface area contributed by atoms with Crippen LogP contribution in [0.1, 0.15) is 174 Å². The van der Waals surface area contributed by atoms with E-state index in [1.807, 2.05) is 0 Å². The molecule has 0 saturated carbocycles. The molecule has 0 spiro atoms. The van der Waals surface area contributed by atoms with E-state index in [9.17, 15) is 0 Å². The summed E-state index contributed by atoms with van der Waals surface area (Å²) in [5.41, 5.74) is 0. The van der Waals surface area contributed by atoms with E-state index >= 15 is 0 Å². The molecular weight excluding hydrogens is 538 g/mol. The average Bonchev–Trinajstić information content (AvgIpc) is 3.41. The molecule has 1 heterocycles. The normalized spacial score (nSPS) is 19.3. The Balaban J connectivity index is 2.13. The Bertz CT molecular complexity index is 655. The van der Waals surface area contributed by atoms with Crippen LogP contribution in [0, 0.1) is 0 Å². The van der Waals surface area contributed by atoms with Gasteiger partial charge in [-0.2, -0.15) is 0 Å². The number of hydrogen-bond donors (Lipinski definition) is 0. The lowest BCUT2D eigenvalue weighted by Crippen LogP contribution is -2.22. The summed E-state index contributed by atoms with van der Waals surface area (Å²) in [7, 11) is 4.27. The van der Waals surface area contributed by atoms with Gasteiger partial charge in [-0.25, -0.2) is 0 Å². The molecule has 0 aromatic carbocycles. The van der Waals surface area contributed by atoms with Crippen LogP contribution in [0.25, 0.3) is 0 Å². The summed E-state index contributed by atoms with van der Waals surface area (Å²) in [5.74, 6) is 0. The van der Waals surface area contributed by atoms with Crippen molar-refractivity contribution in [3.05, 3.63) is 48.6 Å². The molecule has 1 aliphatic rings. The predicted molar refractivity (Wildman–Crippen MR) is 195 cm³/mol. The molecule has 2 unspecified atom stereocenters. The molecule has 0 amide bonds. The van der Waals surface area contributed by atoms with E-state index in [1.54, 1.807) is 0 Å². The summed E-state index contributed by atoms with van der Waals surface area (Å²) in [6.45, 7) is 5.56. The first kappa shape index (κ1) is 40.9. The van der Waals surface area contributed by atoms with Crippen molar-refractivity contribution < 1.29 is 9.47 Å². The third kappa shape index (κ3) is 26.1. The van der Waals surface area contributed by atoms with Gasteiger partial charge in [-0.1, -0.05) is 140 Å².